The molecule has 0 atom stereocenters. The van der Waals surface area contributed by atoms with Gasteiger partial charge in [-0.1, -0.05) is 25.1 Å². The molecule has 2 heterocycles. The number of halogens is 1. The molecular weight excluding hydrogens is 262 g/mol. The summed E-state index contributed by atoms with van der Waals surface area (Å²) in [6.07, 6.45) is 2.64. The van der Waals surface area contributed by atoms with Crippen molar-refractivity contribution >= 4 is 28.3 Å². The van der Waals surface area contributed by atoms with Crippen molar-refractivity contribution < 1.29 is 9.21 Å². The molecule has 2 aromatic heterocycles. The Balaban J connectivity index is 2.13. The predicted molar refractivity (Wildman–Crippen MR) is 74.8 cm³/mol. The third-order valence-electron chi connectivity index (χ3n) is 3.22. The molecule has 0 saturated carbocycles. The maximum absolute atomic E-state index is 12.4. The minimum Gasteiger partial charge on any atom is -0.441 e. The number of H-pyrrole nitrogens is 1. The summed E-state index contributed by atoms with van der Waals surface area (Å²) in [5.41, 5.74) is 2.80. The molecule has 3 rings (SSSR count). The molecule has 0 radical (unpaired) electrons. The molecule has 1 N–H and O–H groups in total. The van der Waals surface area contributed by atoms with Crippen LogP contribution in [0.15, 0.2) is 40.9 Å². The van der Waals surface area contributed by atoms with E-state index in [1.54, 1.807) is 18.3 Å². The zero-order valence-electron chi connectivity index (χ0n) is 10.4. The summed E-state index contributed by atoms with van der Waals surface area (Å²) in [6.45, 7) is 2.09. The van der Waals surface area contributed by atoms with Crippen LogP contribution in [0, 0.1) is 0 Å². The molecule has 0 spiro atoms. The van der Waals surface area contributed by atoms with Crippen LogP contribution in [0.25, 0.3) is 10.9 Å². The van der Waals surface area contributed by atoms with Crippen LogP contribution in [-0.4, -0.2) is 10.8 Å². The van der Waals surface area contributed by atoms with Gasteiger partial charge in [0.2, 0.25) is 5.78 Å². The molecule has 0 saturated heterocycles. The highest BCUT2D eigenvalue weighted by molar-refractivity contribution is 6.29. The van der Waals surface area contributed by atoms with E-state index < -0.39 is 0 Å². The van der Waals surface area contributed by atoms with Crippen LogP contribution in [0.5, 0.6) is 0 Å². The van der Waals surface area contributed by atoms with Gasteiger partial charge in [-0.15, -0.1) is 0 Å². The Bertz CT molecular complexity index is 754. The number of fused-ring (bicyclic) bond motifs is 1. The van der Waals surface area contributed by atoms with E-state index in [0.29, 0.717) is 5.56 Å². The van der Waals surface area contributed by atoms with Gasteiger partial charge < -0.3 is 9.40 Å². The first-order valence-electron chi connectivity index (χ1n) is 6.09. The van der Waals surface area contributed by atoms with Crippen molar-refractivity contribution in [3.63, 3.8) is 0 Å². The molecule has 0 fully saturated rings. The van der Waals surface area contributed by atoms with Crippen molar-refractivity contribution in [2.75, 3.05) is 0 Å². The van der Waals surface area contributed by atoms with Gasteiger partial charge >= 0.3 is 0 Å². The molecule has 4 heteroatoms. The van der Waals surface area contributed by atoms with Crippen molar-refractivity contribution in [1.82, 2.24) is 4.98 Å². The van der Waals surface area contributed by atoms with Gasteiger partial charge in [-0.2, -0.15) is 0 Å². The van der Waals surface area contributed by atoms with Crippen LogP contribution in [0.2, 0.25) is 5.22 Å². The number of carbonyl (C=O) groups excluding carboxylic acids is 1. The summed E-state index contributed by atoms with van der Waals surface area (Å²) < 4.78 is 5.18. The number of benzene rings is 1. The lowest BCUT2D eigenvalue weighted by molar-refractivity contribution is 0.101. The number of aromatic nitrogens is 1. The highest BCUT2D eigenvalue weighted by atomic mass is 35.5. The molecule has 3 aromatic rings. The Hall–Kier alpha value is -2.00. The minimum absolute atomic E-state index is 0.161. The van der Waals surface area contributed by atoms with E-state index in [0.717, 1.165) is 17.3 Å². The smallest absolute Gasteiger partial charge is 0.230 e. The van der Waals surface area contributed by atoms with Crippen LogP contribution < -0.4 is 0 Å². The van der Waals surface area contributed by atoms with Gasteiger partial charge in [-0.05, 0) is 35.7 Å². The largest absolute Gasteiger partial charge is 0.441 e. The van der Waals surface area contributed by atoms with Crippen LogP contribution in [0.4, 0.5) is 0 Å². The molecule has 96 valence electrons. The third-order valence-corrected chi connectivity index (χ3v) is 3.43. The first kappa shape index (κ1) is 12.1. The summed E-state index contributed by atoms with van der Waals surface area (Å²) in [6, 6.07) is 9.11. The number of carbonyl (C=O) groups is 1. The Morgan fingerprint density at radius 1 is 1.32 bits per heavy atom. The van der Waals surface area contributed by atoms with E-state index >= 15 is 0 Å². The first-order chi connectivity index (χ1) is 9.20. The van der Waals surface area contributed by atoms with Crippen molar-refractivity contribution in [2.24, 2.45) is 0 Å². The number of ketones is 1. The quantitative estimate of drug-likeness (QED) is 0.727. The SMILES string of the molecule is CCc1cccc2c(C(=O)c3ccc(Cl)o3)c[nH]c12. The summed E-state index contributed by atoms with van der Waals surface area (Å²) >= 11 is 5.71. The highest BCUT2D eigenvalue weighted by Gasteiger charge is 2.18. The second-order valence-corrected chi connectivity index (χ2v) is 4.70. The van der Waals surface area contributed by atoms with Gasteiger partial charge in [0.25, 0.3) is 0 Å². The lowest BCUT2D eigenvalue weighted by Gasteiger charge is -2.00. The Morgan fingerprint density at radius 2 is 2.16 bits per heavy atom. The molecule has 19 heavy (non-hydrogen) atoms. The molecule has 0 aliphatic rings. The molecular formula is C15H12ClNO2. The van der Waals surface area contributed by atoms with Gasteiger partial charge in [-0.3, -0.25) is 4.79 Å². The number of aryl methyl sites for hydroxylation is 1. The number of furan rings is 1. The van der Waals surface area contributed by atoms with E-state index in [1.807, 2.05) is 12.1 Å². The molecule has 0 bridgehead atoms. The van der Waals surface area contributed by atoms with Crippen LogP contribution in [0.1, 0.15) is 28.6 Å². The number of hydrogen-bond acceptors (Lipinski definition) is 2. The first-order valence-corrected chi connectivity index (χ1v) is 6.47. The Kier molecular flexibility index (Phi) is 2.91. The van der Waals surface area contributed by atoms with E-state index in [1.165, 1.54) is 5.56 Å². The minimum atomic E-state index is -0.161. The second-order valence-electron chi connectivity index (χ2n) is 4.33. The fourth-order valence-electron chi connectivity index (χ4n) is 2.27. The lowest BCUT2D eigenvalue weighted by Crippen LogP contribution is -1.98. The zero-order chi connectivity index (χ0) is 13.4. The second kappa shape index (κ2) is 4.59. The van der Waals surface area contributed by atoms with Crippen LogP contribution in [0.3, 0.4) is 0 Å². The fourth-order valence-corrected chi connectivity index (χ4v) is 2.41. The van der Waals surface area contributed by atoms with E-state index in [2.05, 4.69) is 18.0 Å². The zero-order valence-corrected chi connectivity index (χ0v) is 11.1. The van der Waals surface area contributed by atoms with E-state index in [4.69, 9.17) is 16.0 Å². The van der Waals surface area contributed by atoms with Crippen LogP contribution in [-0.2, 0) is 6.42 Å². The van der Waals surface area contributed by atoms with Gasteiger partial charge in [0, 0.05) is 17.1 Å². The summed E-state index contributed by atoms with van der Waals surface area (Å²) in [4.78, 5) is 15.5. The van der Waals surface area contributed by atoms with Crippen LogP contribution >= 0.6 is 11.6 Å². The molecule has 0 unspecified atom stereocenters. The van der Waals surface area contributed by atoms with Crippen molar-refractivity contribution in [3.8, 4) is 0 Å². The average Bonchev–Trinajstić information content (AvgIpc) is 3.03. The van der Waals surface area contributed by atoms with Crippen molar-refractivity contribution in [2.45, 2.75) is 13.3 Å². The maximum atomic E-state index is 12.4. The summed E-state index contributed by atoms with van der Waals surface area (Å²) in [5, 5.41) is 1.13. The molecule has 0 aliphatic carbocycles. The normalized spacial score (nSPS) is 11.1. The molecule has 0 aliphatic heterocycles. The molecule has 3 nitrogen and oxygen atoms in total. The van der Waals surface area contributed by atoms with E-state index in [-0.39, 0.29) is 16.8 Å². The summed E-state index contributed by atoms with van der Waals surface area (Å²) in [7, 11) is 0. The number of rotatable bonds is 3. The summed E-state index contributed by atoms with van der Waals surface area (Å²) in [5.74, 6) is 0.0965. The average molecular weight is 274 g/mol. The standard InChI is InChI=1S/C15H12ClNO2/c1-2-9-4-3-5-10-11(8-17-14(9)10)15(18)12-6-7-13(16)19-12/h3-8,17H,2H2,1H3. The highest BCUT2D eigenvalue weighted by Crippen LogP contribution is 2.25. The molecule has 0 amide bonds. The number of hydrogen-bond donors (Lipinski definition) is 1. The lowest BCUT2D eigenvalue weighted by atomic mass is 10.0. The number of aromatic amines is 1. The Morgan fingerprint density at radius 3 is 2.84 bits per heavy atom. The van der Waals surface area contributed by atoms with Gasteiger partial charge in [0.1, 0.15) is 0 Å². The fraction of sp³-hybridized carbons (Fsp3) is 0.133. The number of para-hydroxylation sites is 1. The monoisotopic (exact) mass is 273 g/mol. The maximum Gasteiger partial charge on any atom is 0.230 e. The Labute approximate surface area is 115 Å². The van der Waals surface area contributed by atoms with Crippen molar-refractivity contribution in [1.29, 1.82) is 0 Å². The van der Waals surface area contributed by atoms with Gasteiger partial charge in [0.15, 0.2) is 11.0 Å². The predicted octanol–water partition coefficient (Wildman–Crippen LogP) is 4.21. The van der Waals surface area contributed by atoms with E-state index in [9.17, 15) is 4.79 Å². The third kappa shape index (κ3) is 1.96. The van der Waals surface area contributed by atoms with Gasteiger partial charge in [0.05, 0.1) is 5.56 Å². The van der Waals surface area contributed by atoms with Crippen molar-refractivity contribution in [3.05, 3.63) is 58.6 Å². The van der Waals surface area contributed by atoms with Gasteiger partial charge in [-0.25, -0.2) is 0 Å². The number of nitrogens with one attached hydrogen (secondary N) is 1. The topological polar surface area (TPSA) is 46.0 Å². The molecule has 1 aromatic carbocycles.